The molecule has 0 unspecified atom stereocenters. The van der Waals surface area contributed by atoms with Crippen molar-refractivity contribution in [3.05, 3.63) is 134 Å². The molecule has 0 spiro atoms. The van der Waals surface area contributed by atoms with Crippen LogP contribution in [0.2, 0.25) is 0 Å². The normalized spacial score (nSPS) is 17.2. The molecular formula is C50H47F3N6O8S2. The number of aliphatic hydroxyl groups excluding tert-OH is 1. The predicted molar refractivity (Wildman–Crippen MR) is 253 cm³/mol. The number of rotatable bonds is 14. The Labute approximate surface area is 404 Å². The Morgan fingerprint density at radius 2 is 1.70 bits per heavy atom. The fourth-order valence-corrected chi connectivity index (χ4v) is 9.52. The molecule has 0 saturated carbocycles. The number of thioether (sulfide) groups is 1. The lowest BCUT2D eigenvalue weighted by Crippen LogP contribution is -2.58. The maximum atomic E-state index is 14.2. The lowest BCUT2D eigenvalue weighted by molar-refractivity contribution is -0.144. The molecular weight excluding hydrogens is 934 g/mol. The Balaban J connectivity index is 0.970. The number of amides is 5. The van der Waals surface area contributed by atoms with Crippen molar-refractivity contribution in [2.75, 3.05) is 13.7 Å². The van der Waals surface area contributed by atoms with Crippen LogP contribution in [0.5, 0.6) is 17.2 Å². The van der Waals surface area contributed by atoms with E-state index in [0.29, 0.717) is 34.5 Å². The highest BCUT2D eigenvalue weighted by Crippen LogP contribution is 2.42. The highest BCUT2D eigenvalue weighted by atomic mass is 32.2. The molecule has 2 aliphatic heterocycles. The number of likely N-dealkylation sites (tertiary alicyclic amines) is 1. The minimum absolute atomic E-state index is 0.0352. The van der Waals surface area contributed by atoms with Gasteiger partial charge in [0.25, 0.3) is 11.1 Å². The summed E-state index contributed by atoms with van der Waals surface area (Å²) in [7, 11) is 1.29. The first kappa shape index (κ1) is 49.9. The number of nitrogens with zero attached hydrogens (tertiary/aromatic N) is 4. The van der Waals surface area contributed by atoms with Gasteiger partial charge in [-0.2, -0.15) is 18.4 Å². The lowest BCUT2D eigenvalue weighted by Gasteiger charge is -2.35. The topological polar surface area (TPSA) is 191 Å². The van der Waals surface area contributed by atoms with Crippen LogP contribution in [0.1, 0.15) is 66.3 Å². The summed E-state index contributed by atoms with van der Waals surface area (Å²) in [6.45, 7) is 7.30. The smallest absolute Gasteiger partial charge is 0.420 e. The molecule has 2 fully saturated rings. The summed E-state index contributed by atoms with van der Waals surface area (Å²) >= 11 is 2.24. The van der Waals surface area contributed by atoms with Crippen molar-refractivity contribution >= 4 is 58.0 Å². The summed E-state index contributed by atoms with van der Waals surface area (Å²) in [4.78, 5) is 75.9. The van der Waals surface area contributed by atoms with E-state index in [9.17, 15) is 42.3 Å². The van der Waals surface area contributed by atoms with Crippen LogP contribution in [-0.4, -0.2) is 80.6 Å². The minimum Gasteiger partial charge on any atom is -0.493 e. The number of ether oxygens (including phenoxy) is 2. The van der Waals surface area contributed by atoms with Gasteiger partial charge in [0.15, 0.2) is 11.5 Å². The van der Waals surface area contributed by atoms with E-state index < -0.39 is 70.0 Å². The molecule has 7 rings (SSSR count). The van der Waals surface area contributed by atoms with Gasteiger partial charge in [0, 0.05) is 19.5 Å². The van der Waals surface area contributed by atoms with Gasteiger partial charge in [-0.15, -0.1) is 11.3 Å². The van der Waals surface area contributed by atoms with Crippen LogP contribution in [0.4, 0.5) is 18.0 Å². The molecule has 3 atom stereocenters. The van der Waals surface area contributed by atoms with E-state index in [-0.39, 0.29) is 54.4 Å². The van der Waals surface area contributed by atoms with E-state index in [1.165, 1.54) is 42.4 Å². The third-order valence-electron chi connectivity index (χ3n) is 11.4. The Morgan fingerprint density at radius 3 is 2.36 bits per heavy atom. The minimum atomic E-state index is -4.81. The highest BCUT2D eigenvalue weighted by molar-refractivity contribution is 8.18. The fourth-order valence-electron chi connectivity index (χ4n) is 7.87. The lowest BCUT2D eigenvalue weighted by atomic mass is 9.85. The second-order valence-electron chi connectivity index (χ2n) is 17.5. The third kappa shape index (κ3) is 11.8. The zero-order valence-corrected chi connectivity index (χ0v) is 39.7. The first-order valence-corrected chi connectivity index (χ1v) is 23.3. The number of halogens is 3. The van der Waals surface area contributed by atoms with Crippen molar-refractivity contribution in [2.45, 2.75) is 78.0 Å². The summed E-state index contributed by atoms with van der Waals surface area (Å²) in [5.41, 5.74) is 3.91. The van der Waals surface area contributed by atoms with Gasteiger partial charge >= 0.3 is 6.18 Å². The molecule has 358 valence electrons. The van der Waals surface area contributed by atoms with E-state index in [4.69, 9.17) is 14.7 Å². The van der Waals surface area contributed by atoms with E-state index in [2.05, 4.69) is 15.6 Å². The molecule has 5 aromatic rings. The quantitative estimate of drug-likeness (QED) is 0.0906. The fraction of sp³-hybridized carbons (Fsp3) is 0.300. The van der Waals surface area contributed by atoms with E-state index in [1.807, 2.05) is 31.2 Å². The van der Waals surface area contributed by atoms with Crippen LogP contribution in [0, 0.1) is 23.7 Å². The van der Waals surface area contributed by atoms with Gasteiger partial charge in [-0.3, -0.25) is 28.9 Å². The van der Waals surface area contributed by atoms with Gasteiger partial charge < -0.3 is 30.1 Å². The highest BCUT2D eigenvalue weighted by Gasteiger charge is 2.44. The molecule has 2 saturated heterocycles. The van der Waals surface area contributed by atoms with Crippen molar-refractivity contribution in [1.82, 2.24) is 25.4 Å². The molecule has 2 aliphatic rings. The average molecular weight is 981 g/mol. The number of aryl methyl sites for hydroxylation is 1. The van der Waals surface area contributed by atoms with Crippen molar-refractivity contribution in [3.63, 3.8) is 0 Å². The molecule has 0 aliphatic carbocycles. The number of β-amino-alcohol motifs (C(OH)–C–C–N with tert-alkyl or cyclic N) is 1. The van der Waals surface area contributed by atoms with Gasteiger partial charge in [0.05, 0.1) is 64.4 Å². The number of benzene rings is 4. The number of alkyl halides is 3. The van der Waals surface area contributed by atoms with Gasteiger partial charge in [0.2, 0.25) is 17.7 Å². The zero-order valence-electron chi connectivity index (χ0n) is 38.0. The number of aromatic nitrogens is 1. The number of imide groups is 1. The largest absolute Gasteiger partial charge is 0.493 e. The van der Waals surface area contributed by atoms with Crippen molar-refractivity contribution < 1.29 is 51.7 Å². The Hall–Kier alpha value is -7.01. The second-order valence-corrected chi connectivity index (χ2v) is 19.4. The number of aliphatic hydroxyl groups is 1. The number of carbonyl (C=O) groups is 5. The molecule has 3 heterocycles. The SMILES string of the molecule is COc1cc(/C=C2\SC(=O)N(Cc3cccc(CC(=O)N[C@H](C(=O)N4C[C@H](O)C[C@H]4C(=O)NCc4ccc(-c5scnc5C)cc4)C(C)(C)C)c3)C2=O)ccc1Oc1ccc(C#N)cc1C(F)(F)F. The van der Waals surface area contributed by atoms with Crippen LogP contribution >= 0.6 is 23.1 Å². The summed E-state index contributed by atoms with van der Waals surface area (Å²) in [5, 5.41) is 24.9. The Kier molecular flexibility index (Phi) is 15.0. The number of carbonyl (C=O) groups excluding carboxylic acids is 5. The number of nitriles is 1. The molecule has 4 aromatic carbocycles. The molecule has 0 bridgehead atoms. The molecule has 69 heavy (non-hydrogen) atoms. The maximum Gasteiger partial charge on any atom is 0.420 e. The number of methoxy groups -OCH3 is 1. The van der Waals surface area contributed by atoms with Crippen LogP contribution < -0.4 is 20.1 Å². The second kappa shape index (κ2) is 20.7. The maximum absolute atomic E-state index is 14.2. The first-order valence-electron chi connectivity index (χ1n) is 21.6. The summed E-state index contributed by atoms with van der Waals surface area (Å²) in [5.74, 6) is -2.59. The van der Waals surface area contributed by atoms with E-state index in [0.717, 1.165) is 32.7 Å². The number of thiazole rings is 1. The van der Waals surface area contributed by atoms with Gasteiger partial charge in [-0.25, -0.2) is 4.98 Å². The van der Waals surface area contributed by atoms with Gasteiger partial charge in [-0.1, -0.05) is 75.4 Å². The monoisotopic (exact) mass is 980 g/mol. The number of hydrogen-bond acceptors (Lipinski definition) is 12. The van der Waals surface area contributed by atoms with Crippen LogP contribution in [0.3, 0.4) is 0 Å². The Bertz CT molecular complexity index is 2870. The van der Waals surface area contributed by atoms with Crippen LogP contribution in [-0.2, 0) is 44.9 Å². The summed E-state index contributed by atoms with van der Waals surface area (Å²) < 4.78 is 52.3. The molecule has 1 aromatic heterocycles. The van der Waals surface area contributed by atoms with Crippen molar-refractivity contribution in [1.29, 1.82) is 5.26 Å². The molecule has 14 nitrogen and oxygen atoms in total. The van der Waals surface area contributed by atoms with Crippen LogP contribution in [0.15, 0.2) is 95.3 Å². The zero-order chi connectivity index (χ0) is 49.8. The summed E-state index contributed by atoms with van der Waals surface area (Å²) in [6.07, 6.45) is -4.43. The number of hydrogen-bond donors (Lipinski definition) is 3. The number of nitrogens with one attached hydrogen (secondary N) is 2. The van der Waals surface area contributed by atoms with Crippen molar-refractivity contribution in [2.24, 2.45) is 5.41 Å². The molecule has 5 amide bonds. The molecule has 3 N–H and O–H groups in total. The average Bonchev–Trinajstić information content (AvgIpc) is 4.00. The third-order valence-corrected chi connectivity index (χ3v) is 13.3. The summed E-state index contributed by atoms with van der Waals surface area (Å²) in [6, 6.07) is 21.3. The van der Waals surface area contributed by atoms with E-state index >= 15 is 0 Å². The Morgan fingerprint density at radius 1 is 0.971 bits per heavy atom. The van der Waals surface area contributed by atoms with Crippen LogP contribution in [0.25, 0.3) is 16.5 Å². The van der Waals surface area contributed by atoms with Gasteiger partial charge in [-0.05, 0) is 88.3 Å². The first-order chi connectivity index (χ1) is 32.7. The predicted octanol–water partition coefficient (Wildman–Crippen LogP) is 8.40. The van der Waals surface area contributed by atoms with E-state index in [1.54, 1.807) is 68.0 Å². The molecule has 19 heteroatoms. The van der Waals surface area contributed by atoms with Crippen molar-refractivity contribution in [3.8, 4) is 33.8 Å². The standard InChI is InChI=1S/C50H47F3N6O8S2/c1-28-43(68-27-56-28)34-13-9-29(10-14-34)24-55-45(62)37-22-35(60)26-58(37)47(64)44(49(2,3)4)57-42(61)21-30-7-6-8-33(17-30)25-59-46(63)41(69-48(59)65)20-31-11-16-39(40(19-31)66-5)67-38-15-12-32(23-54)18-36(38)50(51,52)53/h6-20,27,35,37,44,60H,21-22,24-26H2,1-5H3,(H,55,62)(H,57,61)/b41-20-/t35-,37+,44-/m1/s1. The van der Waals surface area contributed by atoms with Gasteiger partial charge in [0.1, 0.15) is 17.8 Å². The molecule has 0 radical (unpaired) electrons.